The smallest absolute Gasteiger partial charge is 0.174 e. The van der Waals surface area contributed by atoms with Crippen LogP contribution in [0.2, 0.25) is 0 Å². The molecule has 1 atom stereocenters. The van der Waals surface area contributed by atoms with Crippen molar-refractivity contribution in [2.24, 2.45) is 0 Å². The van der Waals surface area contributed by atoms with Gasteiger partial charge < -0.3 is 24.2 Å². The average Bonchev–Trinajstić information content (AvgIpc) is 3.40. The Morgan fingerprint density at radius 3 is 2.24 bits per heavy atom. The number of aliphatic hydroxyl groups excluding tert-OH is 1. The average molecular weight is 602 g/mol. The van der Waals surface area contributed by atoms with E-state index in [1.807, 2.05) is 31.0 Å². The SMILES string of the molecule is CCC(C)(CCO)Oc1cc(F)c(CSc2ncc(N(C)c3ccc(OC)c(OC)c3)n2-c2ccc(F)cc2)c(F)c1. The third kappa shape index (κ3) is 6.79. The van der Waals surface area contributed by atoms with Gasteiger partial charge in [0.25, 0.3) is 0 Å². The Morgan fingerprint density at radius 1 is 0.976 bits per heavy atom. The van der Waals surface area contributed by atoms with Crippen molar-refractivity contribution in [3.8, 4) is 22.9 Å². The van der Waals surface area contributed by atoms with Crippen molar-refractivity contribution < 1.29 is 32.5 Å². The standard InChI is InChI=1S/C31H34F3N3O4S/c1-6-31(2,13-14-38)41-23-16-25(33)24(26(34)17-23)19-42-30-35-18-29(37(30)21-9-7-20(32)8-10-21)36(3)22-11-12-27(39-4)28(15-22)40-5/h7-12,15-18,38H,6,13-14,19H2,1-5H3. The maximum atomic E-state index is 15.2. The molecule has 1 unspecified atom stereocenters. The summed E-state index contributed by atoms with van der Waals surface area (Å²) in [5, 5.41) is 9.78. The molecular weight excluding hydrogens is 567 g/mol. The van der Waals surface area contributed by atoms with Gasteiger partial charge in [0.15, 0.2) is 16.7 Å². The Morgan fingerprint density at radius 2 is 1.64 bits per heavy atom. The van der Waals surface area contributed by atoms with Gasteiger partial charge in [-0.1, -0.05) is 18.7 Å². The first-order valence-electron chi connectivity index (χ1n) is 13.3. The summed E-state index contributed by atoms with van der Waals surface area (Å²) in [4.78, 5) is 6.42. The van der Waals surface area contributed by atoms with Crippen molar-refractivity contribution in [2.75, 3.05) is 32.8 Å². The highest BCUT2D eigenvalue weighted by Crippen LogP contribution is 2.37. The Labute approximate surface area is 247 Å². The fraction of sp³-hybridized carbons (Fsp3) is 0.323. The number of aromatic nitrogens is 2. The molecule has 0 aliphatic carbocycles. The number of nitrogens with zero attached hydrogens (tertiary/aromatic N) is 3. The molecule has 0 saturated carbocycles. The number of ether oxygens (including phenoxy) is 3. The van der Waals surface area contributed by atoms with E-state index in [0.29, 0.717) is 41.0 Å². The van der Waals surface area contributed by atoms with Crippen molar-refractivity contribution in [3.63, 3.8) is 0 Å². The molecule has 1 aromatic heterocycles. The summed E-state index contributed by atoms with van der Waals surface area (Å²) in [5.41, 5.74) is 0.503. The lowest BCUT2D eigenvalue weighted by molar-refractivity contribution is 0.0544. The number of aliphatic hydroxyl groups is 1. The molecule has 4 aromatic rings. The summed E-state index contributed by atoms with van der Waals surface area (Å²) in [6.07, 6.45) is 2.52. The lowest BCUT2D eigenvalue weighted by Gasteiger charge is -2.29. The zero-order chi connectivity index (χ0) is 30.4. The van der Waals surface area contributed by atoms with E-state index in [9.17, 15) is 9.50 Å². The van der Waals surface area contributed by atoms with Crippen LogP contribution >= 0.6 is 11.8 Å². The number of benzene rings is 3. The summed E-state index contributed by atoms with van der Waals surface area (Å²) >= 11 is 1.14. The minimum atomic E-state index is -0.750. The molecule has 0 radical (unpaired) electrons. The second kappa shape index (κ2) is 13.4. The zero-order valence-corrected chi connectivity index (χ0v) is 25.0. The Bertz CT molecular complexity index is 1490. The van der Waals surface area contributed by atoms with Gasteiger partial charge in [-0.2, -0.15) is 0 Å². The molecule has 0 saturated heterocycles. The zero-order valence-electron chi connectivity index (χ0n) is 24.2. The molecule has 0 amide bonds. The Hall–Kier alpha value is -3.83. The number of anilines is 2. The van der Waals surface area contributed by atoms with Crippen LogP contribution in [0.25, 0.3) is 5.69 Å². The van der Waals surface area contributed by atoms with Gasteiger partial charge in [0, 0.05) is 61.0 Å². The van der Waals surface area contributed by atoms with Crippen LogP contribution in [0.5, 0.6) is 17.2 Å². The van der Waals surface area contributed by atoms with Crippen LogP contribution in [-0.2, 0) is 5.75 Å². The lowest BCUT2D eigenvalue weighted by atomic mass is 9.99. The van der Waals surface area contributed by atoms with Gasteiger partial charge in [0.1, 0.15) is 34.6 Å². The summed E-state index contributed by atoms with van der Waals surface area (Å²) in [5.74, 6) is -0.147. The Balaban J connectivity index is 1.66. The normalized spacial score (nSPS) is 12.6. The van der Waals surface area contributed by atoms with Gasteiger partial charge in [-0.15, -0.1) is 0 Å². The minimum absolute atomic E-state index is 0.0582. The van der Waals surface area contributed by atoms with Crippen molar-refractivity contribution in [3.05, 3.63) is 83.8 Å². The molecule has 224 valence electrons. The van der Waals surface area contributed by atoms with Gasteiger partial charge in [-0.25, -0.2) is 18.2 Å². The maximum Gasteiger partial charge on any atom is 0.174 e. The molecule has 42 heavy (non-hydrogen) atoms. The fourth-order valence-electron chi connectivity index (χ4n) is 4.40. The third-order valence-electron chi connectivity index (χ3n) is 7.11. The van der Waals surface area contributed by atoms with Crippen LogP contribution in [0.3, 0.4) is 0 Å². The largest absolute Gasteiger partial charge is 0.493 e. The number of methoxy groups -OCH3 is 2. The number of halogens is 3. The highest BCUT2D eigenvalue weighted by Gasteiger charge is 2.25. The van der Waals surface area contributed by atoms with E-state index in [1.54, 1.807) is 50.1 Å². The Kier molecular flexibility index (Phi) is 9.95. The van der Waals surface area contributed by atoms with Gasteiger partial charge >= 0.3 is 0 Å². The molecule has 3 aromatic carbocycles. The predicted molar refractivity (Wildman–Crippen MR) is 158 cm³/mol. The van der Waals surface area contributed by atoms with Crippen LogP contribution in [0, 0.1) is 17.5 Å². The second-order valence-electron chi connectivity index (χ2n) is 9.84. The molecule has 0 spiro atoms. The van der Waals surface area contributed by atoms with Crippen molar-refractivity contribution >= 4 is 23.3 Å². The fourth-order valence-corrected chi connectivity index (χ4v) is 5.40. The van der Waals surface area contributed by atoms with E-state index in [0.717, 1.165) is 29.6 Å². The van der Waals surface area contributed by atoms with Crippen LogP contribution in [0.4, 0.5) is 24.7 Å². The van der Waals surface area contributed by atoms with E-state index in [4.69, 9.17) is 14.2 Å². The first-order valence-corrected chi connectivity index (χ1v) is 14.3. The number of hydrogen-bond acceptors (Lipinski definition) is 7. The van der Waals surface area contributed by atoms with Gasteiger partial charge in [0.05, 0.1) is 20.4 Å². The molecule has 0 aliphatic rings. The molecule has 1 heterocycles. The van der Waals surface area contributed by atoms with E-state index < -0.39 is 23.1 Å². The number of thioether (sulfide) groups is 1. The number of rotatable bonds is 13. The van der Waals surface area contributed by atoms with Crippen LogP contribution < -0.4 is 19.1 Å². The molecule has 11 heteroatoms. The monoisotopic (exact) mass is 601 g/mol. The third-order valence-corrected chi connectivity index (χ3v) is 8.09. The van der Waals surface area contributed by atoms with Crippen LogP contribution in [0.1, 0.15) is 32.3 Å². The highest BCUT2D eigenvalue weighted by molar-refractivity contribution is 7.98. The lowest BCUT2D eigenvalue weighted by Crippen LogP contribution is -2.32. The van der Waals surface area contributed by atoms with E-state index >= 15 is 8.78 Å². The summed E-state index contributed by atoms with van der Waals surface area (Å²) < 4.78 is 62.5. The van der Waals surface area contributed by atoms with E-state index in [2.05, 4.69) is 4.98 Å². The van der Waals surface area contributed by atoms with E-state index in [1.165, 1.54) is 12.1 Å². The molecule has 4 rings (SSSR count). The first kappa shape index (κ1) is 31.1. The van der Waals surface area contributed by atoms with Crippen LogP contribution in [0.15, 0.2) is 66.0 Å². The van der Waals surface area contributed by atoms with Gasteiger partial charge in [-0.3, -0.25) is 4.57 Å². The molecule has 1 N–H and O–H groups in total. The molecule has 7 nitrogen and oxygen atoms in total. The topological polar surface area (TPSA) is 69.0 Å². The second-order valence-corrected chi connectivity index (χ2v) is 10.8. The summed E-state index contributed by atoms with van der Waals surface area (Å²) in [6.45, 7) is 3.57. The predicted octanol–water partition coefficient (Wildman–Crippen LogP) is 7.30. The van der Waals surface area contributed by atoms with Gasteiger partial charge in [-0.05, 0) is 49.7 Å². The van der Waals surface area contributed by atoms with E-state index in [-0.39, 0.29) is 23.7 Å². The summed E-state index contributed by atoms with van der Waals surface area (Å²) in [6, 6.07) is 13.7. The molecular formula is C31H34F3N3O4S. The minimum Gasteiger partial charge on any atom is -0.493 e. The molecule has 0 fully saturated rings. The van der Waals surface area contributed by atoms with Crippen molar-refractivity contribution in [1.29, 1.82) is 0 Å². The molecule has 0 aliphatic heterocycles. The number of hydrogen-bond donors (Lipinski definition) is 1. The van der Waals surface area contributed by atoms with Gasteiger partial charge in [0.2, 0.25) is 0 Å². The quantitative estimate of drug-likeness (QED) is 0.161. The summed E-state index contributed by atoms with van der Waals surface area (Å²) in [7, 11) is 4.94. The maximum absolute atomic E-state index is 15.2. The van der Waals surface area contributed by atoms with Crippen molar-refractivity contribution in [1.82, 2.24) is 9.55 Å². The number of imidazole rings is 1. The highest BCUT2D eigenvalue weighted by atomic mass is 32.2. The first-order chi connectivity index (χ1) is 20.1. The van der Waals surface area contributed by atoms with Crippen molar-refractivity contribution in [2.45, 2.75) is 43.2 Å². The van der Waals surface area contributed by atoms with Crippen LogP contribution in [-0.4, -0.2) is 48.1 Å². The molecule has 0 bridgehead atoms.